The molecule has 0 unspecified atom stereocenters. The summed E-state index contributed by atoms with van der Waals surface area (Å²) in [4.78, 5) is 16.5. The van der Waals surface area contributed by atoms with Gasteiger partial charge in [0.2, 0.25) is 0 Å². The van der Waals surface area contributed by atoms with Gasteiger partial charge in [-0.3, -0.25) is 4.79 Å². The number of rotatable bonds is 4. The summed E-state index contributed by atoms with van der Waals surface area (Å²) in [6.07, 6.45) is 1.61. The van der Waals surface area contributed by atoms with E-state index in [-0.39, 0.29) is 5.91 Å². The maximum absolute atomic E-state index is 12.3. The van der Waals surface area contributed by atoms with Crippen LogP contribution < -0.4 is 10.6 Å². The van der Waals surface area contributed by atoms with Crippen molar-refractivity contribution >= 4 is 65.2 Å². The molecule has 110 valence electrons. The Bertz CT molecular complexity index is 653. The van der Waals surface area contributed by atoms with Crippen LogP contribution in [-0.4, -0.2) is 17.4 Å². The molecule has 0 spiro atoms. The molecule has 0 radical (unpaired) electrons. The predicted molar refractivity (Wildman–Crippen MR) is 95.9 cm³/mol. The van der Waals surface area contributed by atoms with Gasteiger partial charge in [0.25, 0.3) is 5.91 Å². The van der Waals surface area contributed by atoms with Gasteiger partial charge in [-0.1, -0.05) is 15.9 Å². The van der Waals surface area contributed by atoms with E-state index >= 15 is 0 Å². The van der Waals surface area contributed by atoms with E-state index in [1.807, 2.05) is 19.1 Å². The lowest BCUT2D eigenvalue weighted by atomic mass is 10.2. The average molecular weight is 478 g/mol. The standard InChI is InChI=1S/C14H12Br3N3O/c1-2-18-12-5-8(3-4-19-12)14(21)20-13-10(16)6-9(15)7-11(13)17/h3-7H,2H2,1H3,(H,18,19)(H,20,21). The highest BCUT2D eigenvalue weighted by molar-refractivity contribution is 9.11. The third-order valence-electron chi connectivity index (χ3n) is 2.63. The molecule has 1 aromatic carbocycles. The molecule has 0 aliphatic carbocycles. The highest BCUT2D eigenvalue weighted by Gasteiger charge is 2.12. The van der Waals surface area contributed by atoms with Gasteiger partial charge in [0.1, 0.15) is 5.82 Å². The second kappa shape index (κ2) is 7.38. The number of nitrogens with one attached hydrogen (secondary N) is 2. The number of carbonyl (C=O) groups excluding carboxylic acids is 1. The number of halogens is 3. The van der Waals surface area contributed by atoms with Crippen LogP contribution in [0, 0.1) is 0 Å². The smallest absolute Gasteiger partial charge is 0.255 e. The molecule has 4 nitrogen and oxygen atoms in total. The van der Waals surface area contributed by atoms with E-state index in [0.29, 0.717) is 17.1 Å². The van der Waals surface area contributed by atoms with E-state index in [0.717, 1.165) is 20.0 Å². The van der Waals surface area contributed by atoms with Gasteiger partial charge in [-0.15, -0.1) is 0 Å². The molecule has 1 aromatic heterocycles. The number of hydrogen-bond acceptors (Lipinski definition) is 3. The van der Waals surface area contributed by atoms with Crippen LogP contribution in [0.4, 0.5) is 11.5 Å². The summed E-state index contributed by atoms with van der Waals surface area (Å²) in [6, 6.07) is 7.14. The van der Waals surface area contributed by atoms with Crippen molar-refractivity contribution in [3.63, 3.8) is 0 Å². The van der Waals surface area contributed by atoms with Gasteiger partial charge < -0.3 is 10.6 Å². The average Bonchev–Trinajstić information content (AvgIpc) is 2.43. The molecule has 2 aromatic rings. The van der Waals surface area contributed by atoms with E-state index < -0.39 is 0 Å². The second-order valence-electron chi connectivity index (χ2n) is 4.16. The Morgan fingerprint density at radius 2 is 1.86 bits per heavy atom. The van der Waals surface area contributed by atoms with Crippen LogP contribution in [-0.2, 0) is 0 Å². The Kier molecular flexibility index (Phi) is 5.78. The molecule has 7 heteroatoms. The Morgan fingerprint density at radius 1 is 1.19 bits per heavy atom. The van der Waals surface area contributed by atoms with Gasteiger partial charge in [0.05, 0.1) is 5.69 Å². The molecule has 21 heavy (non-hydrogen) atoms. The van der Waals surface area contributed by atoms with Crippen molar-refractivity contribution in [1.82, 2.24) is 4.98 Å². The Morgan fingerprint density at radius 3 is 2.48 bits per heavy atom. The molecule has 0 aliphatic heterocycles. The van der Waals surface area contributed by atoms with E-state index in [4.69, 9.17) is 0 Å². The highest BCUT2D eigenvalue weighted by Crippen LogP contribution is 2.34. The number of pyridine rings is 1. The fraction of sp³-hybridized carbons (Fsp3) is 0.143. The molecular formula is C14H12Br3N3O. The first-order valence-corrected chi connectivity index (χ1v) is 8.55. The largest absolute Gasteiger partial charge is 0.370 e. The fourth-order valence-corrected chi connectivity index (χ4v) is 4.15. The number of nitrogens with zero attached hydrogens (tertiary/aromatic N) is 1. The van der Waals surface area contributed by atoms with Crippen molar-refractivity contribution in [2.75, 3.05) is 17.2 Å². The molecule has 0 fully saturated rings. The van der Waals surface area contributed by atoms with Gasteiger partial charge in [-0.2, -0.15) is 0 Å². The summed E-state index contributed by atoms with van der Waals surface area (Å²) in [5.41, 5.74) is 1.23. The van der Waals surface area contributed by atoms with Gasteiger partial charge in [-0.25, -0.2) is 4.98 Å². The molecule has 2 N–H and O–H groups in total. The van der Waals surface area contributed by atoms with Crippen molar-refractivity contribution in [3.8, 4) is 0 Å². The van der Waals surface area contributed by atoms with E-state index in [1.165, 1.54) is 0 Å². The Balaban J connectivity index is 2.24. The van der Waals surface area contributed by atoms with Crippen LogP contribution in [0.2, 0.25) is 0 Å². The van der Waals surface area contributed by atoms with E-state index in [1.54, 1.807) is 18.3 Å². The molecule has 1 amide bonds. The molecule has 0 aliphatic rings. The molecule has 0 saturated carbocycles. The summed E-state index contributed by atoms with van der Waals surface area (Å²) in [5.74, 6) is 0.486. The fourth-order valence-electron chi connectivity index (χ4n) is 1.70. The summed E-state index contributed by atoms with van der Waals surface area (Å²) in [7, 11) is 0. The minimum atomic E-state index is -0.194. The van der Waals surface area contributed by atoms with E-state index in [2.05, 4.69) is 63.4 Å². The topological polar surface area (TPSA) is 54.0 Å². The first-order valence-electron chi connectivity index (χ1n) is 6.17. The molecular weight excluding hydrogens is 466 g/mol. The third kappa shape index (κ3) is 4.28. The minimum absolute atomic E-state index is 0.194. The van der Waals surface area contributed by atoms with Crippen LogP contribution in [0.5, 0.6) is 0 Å². The van der Waals surface area contributed by atoms with Crippen LogP contribution in [0.25, 0.3) is 0 Å². The maximum atomic E-state index is 12.3. The molecule has 0 saturated heterocycles. The Labute approximate surface area is 148 Å². The normalized spacial score (nSPS) is 10.3. The maximum Gasteiger partial charge on any atom is 0.255 e. The molecule has 1 heterocycles. The summed E-state index contributed by atoms with van der Waals surface area (Å²) in [5, 5.41) is 5.96. The van der Waals surface area contributed by atoms with Gasteiger partial charge in [-0.05, 0) is 63.0 Å². The lowest BCUT2D eigenvalue weighted by molar-refractivity contribution is 0.102. The lowest BCUT2D eigenvalue weighted by Crippen LogP contribution is -2.13. The van der Waals surface area contributed by atoms with Crippen molar-refractivity contribution in [2.45, 2.75) is 6.92 Å². The number of amides is 1. The predicted octanol–water partition coefficient (Wildman–Crippen LogP) is 5.05. The van der Waals surface area contributed by atoms with Gasteiger partial charge in [0, 0.05) is 31.7 Å². The quantitative estimate of drug-likeness (QED) is 0.647. The molecule has 2 rings (SSSR count). The van der Waals surface area contributed by atoms with Crippen molar-refractivity contribution in [2.24, 2.45) is 0 Å². The van der Waals surface area contributed by atoms with Gasteiger partial charge in [0.15, 0.2) is 0 Å². The zero-order valence-electron chi connectivity index (χ0n) is 11.1. The molecule has 0 atom stereocenters. The first kappa shape index (κ1) is 16.5. The Hall–Kier alpha value is -0.920. The van der Waals surface area contributed by atoms with Crippen LogP contribution >= 0.6 is 47.8 Å². The number of hydrogen-bond donors (Lipinski definition) is 2. The van der Waals surface area contributed by atoms with Crippen LogP contribution in [0.3, 0.4) is 0 Å². The van der Waals surface area contributed by atoms with Crippen LogP contribution in [0.15, 0.2) is 43.9 Å². The molecule has 0 bridgehead atoms. The number of carbonyl (C=O) groups is 1. The summed E-state index contributed by atoms with van der Waals surface area (Å²) < 4.78 is 2.49. The highest BCUT2D eigenvalue weighted by atomic mass is 79.9. The van der Waals surface area contributed by atoms with Crippen LogP contribution in [0.1, 0.15) is 17.3 Å². The summed E-state index contributed by atoms with van der Waals surface area (Å²) in [6.45, 7) is 2.73. The summed E-state index contributed by atoms with van der Waals surface area (Å²) >= 11 is 10.3. The zero-order valence-corrected chi connectivity index (χ0v) is 15.8. The monoisotopic (exact) mass is 475 g/mol. The SMILES string of the molecule is CCNc1cc(C(=O)Nc2c(Br)cc(Br)cc2Br)ccn1. The van der Waals surface area contributed by atoms with Crippen molar-refractivity contribution in [1.29, 1.82) is 0 Å². The van der Waals surface area contributed by atoms with E-state index in [9.17, 15) is 4.79 Å². The van der Waals surface area contributed by atoms with Crippen molar-refractivity contribution in [3.05, 3.63) is 49.4 Å². The number of benzene rings is 1. The second-order valence-corrected chi connectivity index (χ2v) is 6.78. The third-order valence-corrected chi connectivity index (χ3v) is 4.33. The number of anilines is 2. The minimum Gasteiger partial charge on any atom is -0.370 e. The first-order chi connectivity index (χ1) is 10.0. The van der Waals surface area contributed by atoms with Gasteiger partial charge >= 0.3 is 0 Å². The van der Waals surface area contributed by atoms with Crippen molar-refractivity contribution < 1.29 is 4.79 Å². The lowest BCUT2D eigenvalue weighted by Gasteiger charge is -2.11. The zero-order chi connectivity index (χ0) is 15.4. The number of aromatic nitrogens is 1.